The van der Waals surface area contributed by atoms with Crippen molar-refractivity contribution in [3.05, 3.63) is 22.7 Å². The zero-order valence-corrected chi connectivity index (χ0v) is 12.9. The van der Waals surface area contributed by atoms with Gasteiger partial charge in [0.2, 0.25) is 0 Å². The van der Waals surface area contributed by atoms with Crippen LogP contribution in [0.2, 0.25) is 5.02 Å². The van der Waals surface area contributed by atoms with Gasteiger partial charge < -0.3 is 14.8 Å². The molecule has 0 radical (unpaired) electrons. The number of ether oxygens (including phenoxy) is 2. The van der Waals surface area contributed by atoms with Gasteiger partial charge in [-0.15, -0.1) is 0 Å². The van der Waals surface area contributed by atoms with Crippen LogP contribution in [0.4, 0.5) is 8.78 Å². The van der Waals surface area contributed by atoms with E-state index in [0.717, 1.165) is 0 Å². The van der Waals surface area contributed by atoms with Crippen molar-refractivity contribution in [3.63, 3.8) is 0 Å². The maximum atomic E-state index is 12.3. The Labute approximate surface area is 123 Å². The first-order chi connectivity index (χ1) is 9.23. The number of hydrogen-bond donors (Lipinski definition) is 1. The van der Waals surface area contributed by atoms with E-state index < -0.39 is 13.0 Å². The Morgan fingerprint density at radius 3 is 2.45 bits per heavy atom. The van der Waals surface area contributed by atoms with Crippen LogP contribution in [0.1, 0.15) is 26.3 Å². The van der Waals surface area contributed by atoms with Crippen LogP contribution in [0.15, 0.2) is 12.1 Å². The number of benzene rings is 1. The number of hydrogen-bond acceptors (Lipinski definition) is 3. The molecule has 0 heterocycles. The molecule has 0 spiro atoms. The lowest BCUT2D eigenvalue weighted by atomic mass is 10.1. The lowest BCUT2D eigenvalue weighted by Crippen LogP contribution is -2.35. The predicted octanol–water partition coefficient (Wildman–Crippen LogP) is 3.88. The van der Waals surface area contributed by atoms with Crippen LogP contribution in [0.3, 0.4) is 0 Å². The van der Waals surface area contributed by atoms with E-state index in [1.54, 1.807) is 12.1 Å². The fraction of sp³-hybridized carbons (Fsp3) is 0.571. The Morgan fingerprint density at radius 1 is 1.30 bits per heavy atom. The predicted molar refractivity (Wildman–Crippen MR) is 76.1 cm³/mol. The first kappa shape index (κ1) is 17.0. The van der Waals surface area contributed by atoms with Gasteiger partial charge in [-0.25, -0.2) is 8.78 Å². The molecule has 0 fully saturated rings. The summed E-state index contributed by atoms with van der Waals surface area (Å²) >= 11 is 6.00. The van der Waals surface area contributed by atoms with Gasteiger partial charge in [0.15, 0.2) is 11.5 Å². The molecule has 1 aromatic carbocycles. The van der Waals surface area contributed by atoms with Crippen LogP contribution in [-0.4, -0.2) is 25.7 Å². The SMILES string of the molecule is COc1cc(Cl)cc(CNC(C)(C)C)c1OCC(F)F. The van der Waals surface area contributed by atoms with Gasteiger partial charge in [0.25, 0.3) is 6.43 Å². The first-order valence-corrected chi connectivity index (χ1v) is 6.63. The van der Waals surface area contributed by atoms with Gasteiger partial charge in [-0.3, -0.25) is 0 Å². The molecule has 0 atom stereocenters. The molecule has 1 aromatic rings. The number of alkyl halides is 2. The van der Waals surface area contributed by atoms with Crippen molar-refractivity contribution >= 4 is 11.6 Å². The maximum Gasteiger partial charge on any atom is 0.272 e. The second-order valence-electron chi connectivity index (χ2n) is 5.40. The molecule has 1 N–H and O–H groups in total. The van der Waals surface area contributed by atoms with Crippen molar-refractivity contribution in [2.24, 2.45) is 0 Å². The van der Waals surface area contributed by atoms with E-state index in [0.29, 0.717) is 28.6 Å². The highest BCUT2D eigenvalue weighted by Gasteiger charge is 2.17. The third-order valence-corrected chi connectivity index (χ3v) is 2.70. The number of methoxy groups -OCH3 is 1. The smallest absolute Gasteiger partial charge is 0.272 e. The number of nitrogens with one attached hydrogen (secondary N) is 1. The molecular formula is C14H20ClF2NO2. The van der Waals surface area contributed by atoms with Gasteiger partial charge in [0.1, 0.15) is 6.61 Å². The lowest BCUT2D eigenvalue weighted by molar-refractivity contribution is 0.0798. The molecule has 3 nitrogen and oxygen atoms in total. The van der Waals surface area contributed by atoms with Crippen LogP contribution in [0, 0.1) is 0 Å². The van der Waals surface area contributed by atoms with Crippen molar-refractivity contribution in [2.75, 3.05) is 13.7 Å². The second-order valence-corrected chi connectivity index (χ2v) is 5.84. The Balaban J connectivity index is 3.02. The van der Waals surface area contributed by atoms with Gasteiger partial charge in [-0.05, 0) is 26.8 Å². The third kappa shape index (κ3) is 5.51. The van der Waals surface area contributed by atoms with E-state index in [2.05, 4.69) is 5.32 Å². The highest BCUT2D eigenvalue weighted by molar-refractivity contribution is 6.30. The summed E-state index contributed by atoms with van der Waals surface area (Å²) < 4.78 is 35.0. The number of rotatable bonds is 6. The normalized spacial score (nSPS) is 11.8. The Bertz CT molecular complexity index is 448. The van der Waals surface area contributed by atoms with Gasteiger partial charge in [0, 0.05) is 28.7 Å². The highest BCUT2D eigenvalue weighted by Crippen LogP contribution is 2.35. The van der Waals surface area contributed by atoms with Crippen LogP contribution in [0.25, 0.3) is 0 Å². The summed E-state index contributed by atoms with van der Waals surface area (Å²) in [5.74, 6) is 0.651. The van der Waals surface area contributed by atoms with E-state index in [4.69, 9.17) is 21.1 Å². The minimum Gasteiger partial charge on any atom is -0.493 e. The van der Waals surface area contributed by atoms with Crippen molar-refractivity contribution < 1.29 is 18.3 Å². The Hall–Kier alpha value is -1.07. The molecular weight excluding hydrogens is 288 g/mol. The van der Waals surface area contributed by atoms with Gasteiger partial charge in [-0.1, -0.05) is 11.6 Å². The molecule has 20 heavy (non-hydrogen) atoms. The highest BCUT2D eigenvalue weighted by atomic mass is 35.5. The summed E-state index contributed by atoms with van der Waals surface area (Å²) in [4.78, 5) is 0. The van der Waals surface area contributed by atoms with Crippen LogP contribution < -0.4 is 14.8 Å². The van der Waals surface area contributed by atoms with Crippen molar-refractivity contribution in [1.29, 1.82) is 0 Å². The summed E-state index contributed by atoms with van der Waals surface area (Å²) in [5.41, 5.74) is 0.570. The summed E-state index contributed by atoms with van der Waals surface area (Å²) in [5, 5.41) is 3.73. The minimum atomic E-state index is -2.54. The molecule has 1 rings (SSSR count). The van der Waals surface area contributed by atoms with Gasteiger partial charge in [-0.2, -0.15) is 0 Å². The molecule has 0 aliphatic rings. The summed E-state index contributed by atoms with van der Waals surface area (Å²) in [6.07, 6.45) is -2.54. The Morgan fingerprint density at radius 2 is 1.95 bits per heavy atom. The third-order valence-electron chi connectivity index (χ3n) is 2.48. The standard InChI is InChI=1S/C14H20ClF2NO2/c1-14(2,3)18-7-9-5-10(15)6-11(19-4)13(9)20-8-12(16)17/h5-6,12,18H,7-8H2,1-4H3. The molecule has 0 amide bonds. The number of halogens is 3. The lowest BCUT2D eigenvalue weighted by Gasteiger charge is -2.22. The fourth-order valence-corrected chi connectivity index (χ4v) is 1.81. The fourth-order valence-electron chi connectivity index (χ4n) is 1.58. The minimum absolute atomic E-state index is 0.116. The average molecular weight is 308 g/mol. The van der Waals surface area contributed by atoms with Gasteiger partial charge in [0.05, 0.1) is 7.11 Å². The average Bonchev–Trinajstić information content (AvgIpc) is 2.33. The molecule has 6 heteroatoms. The van der Waals surface area contributed by atoms with E-state index in [1.165, 1.54) is 7.11 Å². The molecule has 0 unspecified atom stereocenters. The van der Waals surface area contributed by atoms with Crippen molar-refractivity contribution in [1.82, 2.24) is 5.32 Å². The molecule has 0 saturated carbocycles. The summed E-state index contributed by atoms with van der Waals surface area (Å²) in [6, 6.07) is 3.23. The summed E-state index contributed by atoms with van der Waals surface area (Å²) in [6.45, 7) is 5.79. The largest absolute Gasteiger partial charge is 0.493 e. The zero-order chi connectivity index (χ0) is 15.3. The maximum absolute atomic E-state index is 12.3. The van der Waals surface area contributed by atoms with Crippen molar-refractivity contribution in [3.8, 4) is 11.5 Å². The van der Waals surface area contributed by atoms with E-state index in [-0.39, 0.29) is 5.54 Å². The topological polar surface area (TPSA) is 30.5 Å². The zero-order valence-electron chi connectivity index (χ0n) is 12.1. The second kappa shape index (κ2) is 7.09. The van der Waals surface area contributed by atoms with E-state index in [1.807, 2.05) is 20.8 Å². The van der Waals surface area contributed by atoms with E-state index in [9.17, 15) is 8.78 Å². The van der Waals surface area contributed by atoms with E-state index >= 15 is 0 Å². The molecule has 0 aliphatic carbocycles. The summed E-state index contributed by atoms with van der Waals surface area (Å²) in [7, 11) is 1.45. The molecule has 0 bridgehead atoms. The molecule has 0 aliphatic heterocycles. The Kier molecular flexibility index (Phi) is 6.02. The first-order valence-electron chi connectivity index (χ1n) is 6.25. The monoisotopic (exact) mass is 307 g/mol. The van der Waals surface area contributed by atoms with Crippen LogP contribution >= 0.6 is 11.6 Å². The van der Waals surface area contributed by atoms with Crippen LogP contribution in [-0.2, 0) is 6.54 Å². The molecule has 0 aromatic heterocycles. The van der Waals surface area contributed by atoms with Crippen molar-refractivity contribution in [2.45, 2.75) is 39.3 Å². The quantitative estimate of drug-likeness (QED) is 0.865. The van der Waals surface area contributed by atoms with Crippen LogP contribution in [0.5, 0.6) is 11.5 Å². The van der Waals surface area contributed by atoms with Gasteiger partial charge >= 0.3 is 0 Å². The molecule has 114 valence electrons. The molecule has 0 saturated heterocycles.